The minimum atomic E-state index is 0.170. The molecular formula is C24H29N5OS. The summed E-state index contributed by atoms with van der Waals surface area (Å²) in [5.41, 5.74) is 2.37. The second-order valence-electron chi connectivity index (χ2n) is 7.71. The first-order valence-corrected chi connectivity index (χ1v) is 11.8. The number of rotatable bonds is 7. The van der Waals surface area contributed by atoms with E-state index in [-0.39, 0.29) is 5.91 Å². The van der Waals surface area contributed by atoms with Crippen molar-refractivity contribution < 1.29 is 4.79 Å². The van der Waals surface area contributed by atoms with Crippen molar-refractivity contribution >= 4 is 17.7 Å². The second kappa shape index (κ2) is 10.1. The van der Waals surface area contributed by atoms with Gasteiger partial charge >= 0.3 is 0 Å². The molecule has 1 unspecified atom stereocenters. The van der Waals surface area contributed by atoms with Crippen LogP contribution in [0.25, 0.3) is 11.4 Å². The molecule has 0 bridgehead atoms. The van der Waals surface area contributed by atoms with Crippen molar-refractivity contribution in [1.82, 2.24) is 24.6 Å². The number of carbonyl (C=O) groups is 1. The van der Waals surface area contributed by atoms with Crippen molar-refractivity contribution in [1.29, 1.82) is 0 Å². The predicted molar refractivity (Wildman–Crippen MR) is 125 cm³/mol. The van der Waals surface area contributed by atoms with Crippen molar-refractivity contribution in [2.75, 3.05) is 31.9 Å². The summed E-state index contributed by atoms with van der Waals surface area (Å²) in [5, 5.41) is 9.51. The Morgan fingerprint density at radius 1 is 0.968 bits per heavy atom. The van der Waals surface area contributed by atoms with Gasteiger partial charge in [-0.1, -0.05) is 72.4 Å². The van der Waals surface area contributed by atoms with E-state index in [2.05, 4.69) is 57.8 Å². The monoisotopic (exact) mass is 435 g/mol. The van der Waals surface area contributed by atoms with Crippen LogP contribution in [-0.2, 0) is 11.3 Å². The van der Waals surface area contributed by atoms with E-state index in [4.69, 9.17) is 0 Å². The van der Waals surface area contributed by atoms with Crippen molar-refractivity contribution in [2.45, 2.75) is 31.6 Å². The van der Waals surface area contributed by atoms with E-state index in [0.717, 1.165) is 49.3 Å². The fourth-order valence-corrected chi connectivity index (χ4v) is 4.90. The molecule has 2 heterocycles. The van der Waals surface area contributed by atoms with Gasteiger partial charge in [0.1, 0.15) is 0 Å². The molecule has 0 aliphatic carbocycles. The number of aromatic nitrogens is 3. The zero-order chi connectivity index (χ0) is 21.6. The molecule has 1 atom stereocenters. The average Bonchev–Trinajstić information content (AvgIpc) is 3.26. The van der Waals surface area contributed by atoms with Gasteiger partial charge in [0, 0.05) is 44.3 Å². The van der Waals surface area contributed by atoms with Crippen LogP contribution in [0, 0.1) is 0 Å². The number of thioether (sulfide) groups is 1. The maximum atomic E-state index is 12.8. The predicted octanol–water partition coefficient (Wildman–Crippen LogP) is 3.96. The lowest BCUT2D eigenvalue weighted by molar-refractivity contribution is -0.130. The van der Waals surface area contributed by atoms with E-state index in [0.29, 0.717) is 11.8 Å². The number of nitrogens with zero attached hydrogens (tertiary/aromatic N) is 5. The molecule has 0 saturated carbocycles. The Morgan fingerprint density at radius 2 is 1.61 bits per heavy atom. The quantitative estimate of drug-likeness (QED) is 0.526. The van der Waals surface area contributed by atoms with Crippen LogP contribution in [0.1, 0.15) is 25.5 Å². The zero-order valence-corrected chi connectivity index (χ0v) is 19.0. The minimum Gasteiger partial charge on any atom is -0.339 e. The molecule has 0 N–H and O–H groups in total. The van der Waals surface area contributed by atoms with Crippen molar-refractivity contribution in [3.63, 3.8) is 0 Å². The van der Waals surface area contributed by atoms with Crippen LogP contribution in [0.15, 0.2) is 65.8 Å². The van der Waals surface area contributed by atoms with Crippen molar-refractivity contribution in [2.24, 2.45) is 0 Å². The molecule has 1 amide bonds. The highest BCUT2D eigenvalue weighted by molar-refractivity contribution is 7.99. The molecule has 2 aromatic carbocycles. The standard InChI is InChI=1S/C24H29N5OS/c1-3-29-23(21-12-8-5-9-13-21)25-26-24(29)31-18-22(30)28-16-14-27(15-17-28)19(2)20-10-6-4-7-11-20/h4-13,19H,3,14-18H2,1-2H3. The first kappa shape index (κ1) is 21.6. The SMILES string of the molecule is CCn1c(SCC(=O)N2CCN(C(C)c3ccccc3)CC2)nnc1-c1ccccc1. The normalized spacial score (nSPS) is 15.7. The van der Waals surface area contributed by atoms with Gasteiger partial charge in [-0.25, -0.2) is 0 Å². The fraction of sp³-hybridized carbons (Fsp3) is 0.375. The van der Waals surface area contributed by atoms with Crippen LogP contribution in [0.2, 0.25) is 0 Å². The summed E-state index contributed by atoms with van der Waals surface area (Å²) in [4.78, 5) is 17.3. The fourth-order valence-electron chi connectivity index (χ4n) is 4.00. The summed E-state index contributed by atoms with van der Waals surface area (Å²) in [5.74, 6) is 1.41. The van der Waals surface area contributed by atoms with Gasteiger partial charge in [0.05, 0.1) is 5.75 Å². The summed E-state index contributed by atoms with van der Waals surface area (Å²) in [6, 6.07) is 21.0. The van der Waals surface area contributed by atoms with Gasteiger partial charge in [-0.05, 0) is 19.4 Å². The molecule has 1 aliphatic rings. The Hall–Kier alpha value is -2.64. The zero-order valence-electron chi connectivity index (χ0n) is 18.1. The number of hydrogen-bond donors (Lipinski definition) is 0. The minimum absolute atomic E-state index is 0.170. The summed E-state index contributed by atoms with van der Waals surface area (Å²) in [7, 11) is 0. The van der Waals surface area contributed by atoms with Crippen LogP contribution in [0.5, 0.6) is 0 Å². The number of hydrogen-bond acceptors (Lipinski definition) is 5. The molecule has 1 aromatic heterocycles. The van der Waals surface area contributed by atoms with E-state index in [9.17, 15) is 4.79 Å². The van der Waals surface area contributed by atoms with E-state index in [1.165, 1.54) is 17.3 Å². The molecule has 1 saturated heterocycles. The Balaban J connectivity index is 1.32. The average molecular weight is 436 g/mol. The Kier molecular flexibility index (Phi) is 7.04. The highest BCUT2D eigenvalue weighted by Crippen LogP contribution is 2.25. The van der Waals surface area contributed by atoms with Gasteiger partial charge in [-0.15, -0.1) is 10.2 Å². The van der Waals surface area contributed by atoms with Crippen molar-refractivity contribution in [3.05, 3.63) is 66.2 Å². The largest absolute Gasteiger partial charge is 0.339 e. The second-order valence-corrected chi connectivity index (χ2v) is 8.65. The first-order chi connectivity index (χ1) is 15.2. The topological polar surface area (TPSA) is 54.3 Å². The molecule has 0 spiro atoms. The summed E-state index contributed by atoms with van der Waals surface area (Å²) >= 11 is 1.48. The van der Waals surface area contributed by atoms with Crippen LogP contribution >= 0.6 is 11.8 Å². The van der Waals surface area contributed by atoms with Crippen molar-refractivity contribution in [3.8, 4) is 11.4 Å². The Labute approximate surface area is 188 Å². The molecule has 4 rings (SSSR count). The molecule has 162 valence electrons. The molecular weight excluding hydrogens is 406 g/mol. The lowest BCUT2D eigenvalue weighted by atomic mass is 10.1. The van der Waals surface area contributed by atoms with E-state index < -0.39 is 0 Å². The maximum absolute atomic E-state index is 12.8. The molecule has 3 aromatic rings. The molecule has 1 fully saturated rings. The van der Waals surface area contributed by atoms with Gasteiger partial charge in [-0.3, -0.25) is 9.69 Å². The van der Waals surface area contributed by atoms with Crippen LogP contribution in [0.3, 0.4) is 0 Å². The third-order valence-electron chi connectivity index (χ3n) is 5.89. The first-order valence-electron chi connectivity index (χ1n) is 10.9. The third-order valence-corrected chi connectivity index (χ3v) is 6.84. The van der Waals surface area contributed by atoms with Gasteiger partial charge in [-0.2, -0.15) is 0 Å². The van der Waals surface area contributed by atoms with Crippen LogP contribution in [0.4, 0.5) is 0 Å². The molecule has 1 aliphatic heterocycles. The molecule has 7 heteroatoms. The lowest BCUT2D eigenvalue weighted by Crippen LogP contribution is -2.49. The smallest absolute Gasteiger partial charge is 0.233 e. The van der Waals surface area contributed by atoms with Gasteiger partial charge < -0.3 is 9.47 Å². The lowest BCUT2D eigenvalue weighted by Gasteiger charge is -2.38. The van der Waals surface area contributed by atoms with E-state index in [1.54, 1.807) is 0 Å². The van der Waals surface area contributed by atoms with Gasteiger partial charge in [0.2, 0.25) is 5.91 Å². The molecule has 6 nitrogen and oxygen atoms in total. The number of amides is 1. The third kappa shape index (κ3) is 4.99. The number of carbonyl (C=O) groups excluding carboxylic acids is 1. The number of piperazine rings is 1. The summed E-state index contributed by atoms with van der Waals surface area (Å²) in [6.07, 6.45) is 0. The Morgan fingerprint density at radius 3 is 2.26 bits per heavy atom. The highest BCUT2D eigenvalue weighted by atomic mass is 32.2. The molecule has 31 heavy (non-hydrogen) atoms. The van der Waals surface area contributed by atoms with Gasteiger partial charge in [0.25, 0.3) is 0 Å². The van der Waals surface area contributed by atoms with Crippen LogP contribution in [-0.4, -0.2) is 62.4 Å². The highest BCUT2D eigenvalue weighted by Gasteiger charge is 2.25. The molecule has 0 radical (unpaired) electrons. The van der Waals surface area contributed by atoms with Crippen LogP contribution < -0.4 is 0 Å². The van der Waals surface area contributed by atoms with E-state index in [1.807, 2.05) is 41.3 Å². The summed E-state index contributed by atoms with van der Waals surface area (Å²) in [6.45, 7) is 8.42. The Bertz CT molecular complexity index is 984. The van der Waals surface area contributed by atoms with Gasteiger partial charge in [0.15, 0.2) is 11.0 Å². The number of benzene rings is 2. The summed E-state index contributed by atoms with van der Waals surface area (Å²) < 4.78 is 2.08. The van der Waals surface area contributed by atoms with E-state index >= 15 is 0 Å². The maximum Gasteiger partial charge on any atom is 0.233 e.